The number of benzene rings is 3. The molecule has 0 bridgehead atoms. The average molecular weight is 540 g/mol. The summed E-state index contributed by atoms with van der Waals surface area (Å²) in [5.74, 6) is -1.21. The lowest BCUT2D eigenvalue weighted by Gasteiger charge is -2.29. The van der Waals surface area contributed by atoms with Crippen LogP contribution in [0.15, 0.2) is 42.5 Å². The third-order valence-electron chi connectivity index (χ3n) is 6.77. The smallest absolute Gasteiger partial charge is 0.337 e. The molecule has 0 aliphatic carbocycles. The molecule has 1 atom stereocenters. The number of ether oxygens (including phenoxy) is 1. The van der Waals surface area contributed by atoms with E-state index < -0.39 is 17.7 Å². The van der Waals surface area contributed by atoms with Crippen molar-refractivity contribution in [3.05, 3.63) is 91.5 Å². The van der Waals surface area contributed by atoms with Crippen LogP contribution in [-0.4, -0.2) is 27.5 Å². The normalized spacial score (nSPS) is 14.0. The van der Waals surface area contributed by atoms with Crippen molar-refractivity contribution in [2.75, 3.05) is 0 Å². The van der Waals surface area contributed by atoms with Gasteiger partial charge in [-0.3, -0.25) is 4.79 Å². The number of rotatable bonds is 5. The Morgan fingerprint density at radius 3 is 2.05 bits per heavy atom. The lowest BCUT2D eigenvalue weighted by molar-refractivity contribution is -0.160. The molecule has 1 aliphatic heterocycles. The van der Waals surface area contributed by atoms with Gasteiger partial charge in [0.05, 0.1) is 15.6 Å². The summed E-state index contributed by atoms with van der Waals surface area (Å²) >= 11 is 12.2. The molecule has 7 heteroatoms. The van der Waals surface area contributed by atoms with E-state index in [2.05, 4.69) is 0 Å². The number of amides is 1. The molecule has 0 unspecified atom stereocenters. The Morgan fingerprint density at radius 2 is 1.51 bits per heavy atom. The van der Waals surface area contributed by atoms with E-state index >= 15 is 0 Å². The van der Waals surface area contributed by atoms with Crippen molar-refractivity contribution in [1.82, 2.24) is 4.90 Å². The molecule has 0 saturated heterocycles. The Labute approximate surface area is 228 Å². The Bertz CT molecular complexity index is 1390. The lowest BCUT2D eigenvalue weighted by Crippen LogP contribution is -2.28. The minimum atomic E-state index is -1.17. The van der Waals surface area contributed by atoms with Crippen LogP contribution in [-0.2, 0) is 22.6 Å². The van der Waals surface area contributed by atoms with E-state index in [1.54, 1.807) is 23.1 Å². The van der Waals surface area contributed by atoms with Crippen LogP contribution < -0.4 is 0 Å². The molecule has 194 valence electrons. The number of aryl methyl sites for hydroxylation is 1. The van der Waals surface area contributed by atoms with Crippen molar-refractivity contribution < 1.29 is 19.4 Å². The minimum Gasteiger partial charge on any atom is -0.479 e. The summed E-state index contributed by atoms with van der Waals surface area (Å²) in [6.07, 6.45) is -1.17. The first-order valence-corrected chi connectivity index (χ1v) is 12.9. The zero-order valence-electron chi connectivity index (χ0n) is 21.9. The number of hydrogen-bond acceptors (Lipinski definition) is 3. The molecule has 1 amide bonds. The first-order valence-electron chi connectivity index (χ1n) is 12.1. The van der Waals surface area contributed by atoms with Gasteiger partial charge in [-0.2, -0.15) is 0 Å². The lowest BCUT2D eigenvalue weighted by atomic mass is 9.83. The van der Waals surface area contributed by atoms with Crippen LogP contribution >= 0.6 is 23.2 Å². The van der Waals surface area contributed by atoms with Gasteiger partial charge in [-0.1, -0.05) is 53.0 Å². The van der Waals surface area contributed by atoms with Crippen LogP contribution in [0.25, 0.3) is 11.1 Å². The maximum absolute atomic E-state index is 13.4. The third kappa shape index (κ3) is 5.40. The molecule has 37 heavy (non-hydrogen) atoms. The molecule has 5 nitrogen and oxygen atoms in total. The van der Waals surface area contributed by atoms with Gasteiger partial charge in [0.15, 0.2) is 6.10 Å². The molecule has 1 aliphatic rings. The molecule has 1 heterocycles. The molecule has 3 aromatic carbocycles. The highest BCUT2D eigenvalue weighted by Crippen LogP contribution is 2.44. The molecule has 0 spiro atoms. The van der Waals surface area contributed by atoms with Gasteiger partial charge in [0.25, 0.3) is 5.91 Å². The number of aliphatic carboxylic acids is 1. The fourth-order valence-corrected chi connectivity index (χ4v) is 5.28. The fourth-order valence-electron chi connectivity index (χ4n) is 4.98. The van der Waals surface area contributed by atoms with Gasteiger partial charge in [0, 0.05) is 24.2 Å². The van der Waals surface area contributed by atoms with Crippen LogP contribution in [0.3, 0.4) is 0 Å². The molecule has 0 radical (unpaired) electrons. The molecule has 0 fully saturated rings. The standard InChI is InChI=1S/C30H31Cl2NO4/c1-16-7-9-19(10-8-16)25-17(2)21-14-33(28(34)20-11-12-23(31)24(32)13-20)15-22(21)18(3)26(25)27(29(35)36)37-30(4,5)6/h7-13,27H,14-15H2,1-6H3,(H,35,36)/t27-/m0/s1. The molecule has 1 N–H and O–H groups in total. The minimum absolute atomic E-state index is 0.160. The Morgan fingerprint density at radius 1 is 0.919 bits per heavy atom. The first-order chi connectivity index (χ1) is 17.3. The largest absolute Gasteiger partial charge is 0.479 e. The van der Waals surface area contributed by atoms with E-state index in [-0.39, 0.29) is 5.91 Å². The van der Waals surface area contributed by atoms with Crippen molar-refractivity contribution in [3.8, 4) is 11.1 Å². The van der Waals surface area contributed by atoms with Gasteiger partial charge in [0.1, 0.15) is 0 Å². The van der Waals surface area contributed by atoms with Crippen LogP contribution in [0.5, 0.6) is 0 Å². The van der Waals surface area contributed by atoms with E-state index in [0.717, 1.165) is 38.9 Å². The predicted molar refractivity (Wildman–Crippen MR) is 147 cm³/mol. The summed E-state index contributed by atoms with van der Waals surface area (Å²) in [5, 5.41) is 11.0. The third-order valence-corrected chi connectivity index (χ3v) is 7.51. The number of carboxylic acid groups (broad SMARTS) is 1. The number of halogens is 2. The Kier molecular flexibility index (Phi) is 7.44. The second-order valence-corrected chi connectivity index (χ2v) is 11.4. The molecule has 4 rings (SSSR count). The maximum Gasteiger partial charge on any atom is 0.337 e. The van der Waals surface area contributed by atoms with E-state index in [1.165, 1.54) is 0 Å². The molecular weight excluding hydrogens is 509 g/mol. The van der Waals surface area contributed by atoms with Crippen LogP contribution in [0.1, 0.15) is 70.6 Å². The highest BCUT2D eigenvalue weighted by Gasteiger charge is 2.36. The fraction of sp³-hybridized carbons (Fsp3) is 0.333. The highest BCUT2D eigenvalue weighted by atomic mass is 35.5. The van der Waals surface area contributed by atoms with Crippen LogP contribution in [0, 0.1) is 20.8 Å². The predicted octanol–water partition coefficient (Wildman–Crippen LogP) is 7.68. The van der Waals surface area contributed by atoms with Crippen molar-refractivity contribution in [2.45, 2.75) is 66.3 Å². The highest BCUT2D eigenvalue weighted by molar-refractivity contribution is 6.42. The second-order valence-electron chi connectivity index (χ2n) is 10.6. The van der Waals surface area contributed by atoms with Gasteiger partial charge in [-0.25, -0.2) is 4.79 Å². The van der Waals surface area contributed by atoms with Crippen LogP contribution in [0.4, 0.5) is 0 Å². The number of hydrogen-bond donors (Lipinski definition) is 1. The SMILES string of the molecule is Cc1ccc(-c2c(C)c3c(c(C)c2[C@H](OC(C)(C)C)C(=O)O)CN(C(=O)c2ccc(Cl)c(Cl)c2)C3)cc1. The molecular formula is C30H31Cl2NO4. The Hall–Kier alpha value is -2.86. The van der Waals surface area contributed by atoms with Gasteiger partial charge >= 0.3 is 5.97 Å². The van der Waals surface area contributed by atoms with Crippen molar-refractivity contribution in [3.63, 3.8) is 0 Å². The topological polar surface area (TPSA) is 66.8 Å². The number of nitrogens with zero attached hydrogens (tertiary/aromatic N) is 1. The summed E-state index contributed by atoms with van der Waals surface area (Å²) in [6.45, 7) is 12.3. The van der Waals surface area contributed by atoms with Crippen molar-refractivity contribution >= 4 is 35.1 Å². The zero-order valence-corrected chi connectivity index (χ0v) is 23.4. The van der Waals surface area contributed by atoms with Gasteiger partial charge in [0.2, 0.25) is 0 Å². The summed E-state index contributed by atoms with van der Waals surface area (Å²) in [7, 11) is 0. The summed E-state index contributed by atoms with van der Waals surface area (Å²) in [6, 6.07) is 12.9. The Balaban J connectivity index is 1.88. The second kappa shape index (κ2) is 10.1. The van der Waals surface area contributed by atoms with Gasteiger partial charge in [-0.05, 0) is 93.1 Å². The molecule has 3 aromatic rings. The number of carboxylic acids is 1. The summed E-state index contributed by atoms with van der Waals surface area (Å²) in [4.78, 5) is 27.8. The van der Waals surface area contributed by atoms with E-state index in [0.29, 0.717) is 34.3 Å². The van der Waals surface area contributed by atoms with Crippen molar-refractivity contribution in [2.24, 2.45) is 0 Å². The number of carbonyl (C=O) groups excluding carboxylic acids is 1. The molecule has 0 aromatic heterocycles. The van der Waals surface area contributed by atoms with Crippen molar-refractivity contribution in [1.29, 1.82) is 0 Å². The van der Waals surface area contributed by atoms with Crippen LogP contribution in [0.2, 0.25) is 10.0 Å². The first kappa shape index (κ1) is 27.2. The summed E-state index contributed by atoms with van der Waals surface area (Å²) in [5.41, 5.74) is 7.06. The average Bonchev–Trinajstić information content (AvgIpc) is 3.27. The quantitative estimate of drug-likeness (QED) is 0.361. The maximum atomic E-state index is 13.4. The summed E-state index contributed by atoms with van der Waals surface area (Å²) < 4.78 is 6.13. The monoisotopic (exact) mass is 539 g/mol. The van der Waals surface area contributed by atoms with E-state index in [9.17, 15) is 14.7 Å². The van der Waals surface area contributed by atoms with Gasteiger partial charge < -0.3 is 14.7 Å². The molecule has 0 saturated carbocycles. The van der Waals surface area contributed by atoms with E-state index in [1.807, 2.05) is 65.8 Å². The number of fused-ring (bicyclic) bond motifs is 1. The number of carbonyl (C=O) groups is 2. The van der Waals surface area contributed by atoms with E-state index in [4.69, 9.17) is 27.9 Å². The van der Waals surface area contributed by atoms with Gasteiger partial charge in [-0.15, -0.1) is 0 Å². The zero-order chi connectivity index (χ0) is 27.2.